The minimum Gasteiger partial charge on any atom is -0.351 e. The Bertz CT molecular complexity index is 572. The lowest BCUT2D eigenvalue weighted by Crippen LogP contribution is -2.39. The maximum absolute atomic E-state index is 13.4. The van der Waals surface area contributed by atoms with Crippen LogP contribution in [0, 0.1) is 5.82 Å². The topological polar surface area (TPSA) is 55.8 Å². The standard InChI is InChI=1S/C14H15BrFNO4/c1-3-20-11(21-4-2)7-17-12-9(13(18)14(17)19)5-8(16)6-10(12)15/h5-6,11H,3-4,7H2,1-2H3. The predicted molar refractivity (Wildman–Crippen MR) is 77.8 cm³/mol. The number of hydrogen-bond acceptors (Lipinski definition) is 4. The Balaban J connectivity index is 2.34. The minimum absolute atomic E-state index is 0.0543. The monoisotopic (exact) mass is 359 g/mol. The zero-order valence-electron chi connectivity index (χ0n) is 11.7. The van der Waals surface area contributed by atoms with E-state index in [2.05, 4.69) is 15.9 Å². The molecule has 5 nitrogen and oxygen atoms in total. The molecule has 1 aromatic rings. The molecule has 0 saturated heterocycles. The predicted octanol–water partition coefficient (Wildman–Crippen LogP) is 2.52. The fourth-order valence-electron chi connectivity index (χ4n) is 2.20. The second kappa shape index (κ2) is 6.64. The van der Waals surface area contributed by atoms with Gasteiger partial charge in [-0.15, -0.1) is 0 Å². The Morgan fingerprint density at radius 3 is 2.43 bits per heavy atom. The van der Waals surface area contributed by atoms with Crippen molar-refractivity contribution in [3.63, 3.8) is 0 Å². The first-order chi connectivity index (χ1) is 9.99. The Hall–Kier alpha value is -1.31. The van der Waals surface area contributed by atoms with Gasteiger partial charge < -0.3 is 9.47 Å². The number of benzene rings is 1. The lowest BCUT2D eigenvalue weighted by atomic mass is 10.1. The van der Waals surface area contributed by atoms with Crippen molar-refractivity contribution in [1.82, 2.24) is 0 Å². The molecule has 21 heavy (non-hydrogen) atoms. The van der Waals surface area contributed by atoms with E-state index in [9.17, 15) is 14.0 Å². The number of hydrogen-bond donors (Lipinski definition) is 0. The maximum Gasteiger partial charge on any atom is 0.299 e. The molecule has 1 amide bonds. The molecule has 1 aliphatic heterocycles. The summed E-state index contributed by atoms with van der Waals surface area (Å²) in [6.45, 7) is 4.52. The molecule has 0 atom stereocenters. The molecule has 1 aliphatic rings. The van der Waals surface area contributed by atoms with Crippen LogP contribution in [-0.4, -0.2) is 37.7 Å². The van der Waals surface area contributed by atoms with Crippen LogP contribution in [0.4, 0.5) is 10.1 Å². The van der Waals surface area contributed by atoms with Crippen LogP contribution in [0.1, 0.15) is 24.2 Å². The Kier molecular flexibility index (Phi) is 5.08. The number of fused-ring (bicyclic) bond motifs is 1. The van der Waals surface area contributed by atoms with Crippen molar-refractivity contribution in [2.75, 3.05) is 24.7 Å². The SMILES string of the molecule is CCOC(CN1C(=O)C(=O)c2cc(F)cc(Br)c21)OCC. The number of ether oxygens (including phenoxy) is 2. The molecule has 0 bridgehead atoms. The van der Waals surface area contributed by atoms with Gasteiger partial charge in [0, 0.05) is 17.7 Å². The van der Waals surface area contributed by atoms with Crippen LogP contribution in [0.25, 0.3) is 0 Å². The molecule has 0 N–H and O–H groups in total. The maximum atomic E-state index is 13.4. The van der Waals surface area contributed by atoms with Gasteiger partial charge in [-0.3, -0.25) is 14.5 Å². The van der Waals surface area contributed by atoms with Crippen molar-refractivity contribution < 1.29 is 23.5 Å². The molecule has 114 valence electrons. The van der Waals surface area contributed by atoms with Crippen LogP contribution in [0.3, 0.4) is 0 Å². The molecule has 0 fully saturated rings. The van der Waals surface area contributed by atoms with E-state index in [4.69, 9.17) is 9.47 Å². The number of ketones is 1. The number of Topliss-reactive ketones (excluding diaryl/α,β-unsaturated/α-hetero) is 1. The molecule has 2 rings (SSSR count). The minimum atomic E-state index is -0.725. The fourth-order valence-corrected chi connectivity index (χ4v) is 2.85. The average Bonchev–Trinajstić information content (AvgIpc) is 2.65. The third-order valence-corrected chi connectivity index (χ3v) is 3.62. The number of anilines is 1. The summed E-state index contributed by atoms with van der Waals surface area (Å²) in [7, 11) is 0. The second-order valence-corrected chi connectivity index (χ2v) is 5.22. The summed E-state index contributed by atoms with van der Waals surface area (Å²) in [4.78, 5) is 25.3. The average molecular weight is 360 g/mol. The molecule has 0 aromatic heterocycles. The van der Waals surface area contributed by atoms with E-state index in [1.165, 1.54) is 11.0 Å². The van der Waals surface area contributed by atoms with Crippen LogP contribution in [0.5, 0.6) is 0 Å². The van der Waals surface area contributed by atoms with Gasteiger partial charge in [0.05, 0.1) is 17.8 Å². The van der Waals surface area contributed by atoms with Gasteiger partial charge in [0.15, 0.2) is 6.29 Å². The van der Waals surface area contributed by atoms with Gasteiger partial charge in [0.25, 0.3) is 11.7 Å². The highest BCUT2D eigenvalue weighted by molar-refractivity contribution is 9.10. The summed E-state index contributed by atoms with van der Waals surface area (Å²) in [5.74, 6) is -2.01. The molecule has 0 unspecified atom stereocenters. The van der Waals surface area contributed by atoms with E-state index >= 15 is 0 Å². The number of carbonyl (C=O) groups excluding carboxylic acids is 2. The van der Waals surface area contributed by atoms with E-state index in [1.54, 1.807) is 0 Å². The molecular formula is C14H15BrFNO4. The summed E-state index contributed by atoms with van der Waals surface area (Å²) in [5, 5.41) is 0. The summed E-state index contributed by atoms with van der Waals surface area (Å²) < 4.78 is 24.5. The normalized spacial score (nSPS) is 14.2. The third-order valence-electron chi connectivity index (χ3n) is 3.02. The van der Waals surface area contributed by atoms with E-state index in [-0.39, 0.29) is 12.1 Å². The summed E-state index contributed by atoms with van der Waals surface area (Å²) in [6, 6.07) is 2.28. The number of halogens is 2. The molecule has 1 aromatic carbocycles. The molecule has 0 aliphatic carbocycles. The summed E-state index contributed by atoms with van der Waals surface area (Å²) in [5.41, 5.74) is 0.412. The van der Waals surface area contributed by atoms with Crippen LogP contribution in [0.2, 0.25) is 0 Å². The molecule has 7 heteroatoms. The number of carbonyl (C=O) groups is 2. The highest BCUT2D eigenvalue weighted by Crippen LogP contribution is 2.37. The molecule has 1 heterocycles. The van der Waals surface area contributed by atoms with E-state index < -0.39 is 23.8 Å². The van der Waals surface area contributed by atoms with Crippen molar-refractivity contribution in [2.24, 2.45) is 0 Å². The van der Waals surface area contributed by atoms with Crippen LogP contribution in [-0.2, 0) is 14.3 Å². The van der Waals surface area contributed by atoms with E-state index in [1.807, 2.05) is 13.8 Å². The number of amides is 1. The summed E-state index contributed by atoms with van der Waals surface area (Å²) in [6.07, 6.45) is -0.639. The van der Waals surface area contributed by atoms with Gasteiger partial charge in [-0.05, 0) is 41.9 Å². The van der Waals surface area contributed by atoms with Crippen molar-refractivity contribution in [2.45, 2.75) is 20.1 Å². The Morgan fingerprint density at radius 2 is 1.86 bits per heavy atom. The summed E-state index contributed by atoms with van der Waals surface area (Å²) >= 11 is 3.19. The Morgan fingerprint density at radius 1 is 1.24 bits per heavy atom. The van der Waals surface area contributed by atoms with Crippen LogP contribution >= 0.6 is 15.9 Å². The van der Waals surface area contributed by atoms with Crippen LogP contribution < -0.4 is 4.90 Å². The van der Waals surface area contributed by atoms with Crippen molar-refractivity contribution in [3.8, 4) is 0 Å². The lowest BCUT2D eigenvalue weighted by Gasteiger charge is -2.24. The number of rotatable bonds is 6. The van der Waals surface area contributed by atoms with E-state index in [0.29, 0.717) is 23.4 Å². The van der Waals surface area contributed by atoms with Gasteiger partial charge in [-0.2, -0.15) is 0 Å². The quantitative estimate of drug-likeness (QED) is 0.578. The zero-order chi connectivity index (χ0) is 15.6. The first-order valence-corrected chi connectivity index (χ1v) is 7.37. The van der Waals surface area contributed by atoms with Crippen molar-refractivity contribution in [3.05, 3.63) is 28.0 Å². The van der Waals surface area contributed by atoms with Gasteiger partial charge in [0.2, 0.25) is 0 Å². The van der Waals surface area contributed by atoms with Gasteiger partial charge in [-0.1, -0.05) is 0 Å². The van der Waals surface area contributed by atoms with Crippen molar-refractivity contribution in [1.29, 1.82) is 0 Å². The second-order valence-electron chi connectivity index (χ2n) is 4.37. The molecular weight excluding hydrogens is 345 g/mol. The van der Waals surface area contributed by atoms with Gasteiger partial charge in [0.1, 0.15) is 5.82 Å². The highest BCUT2D eigenvalue weighted by Gasteiger charge is 2.39. The first-order valence-electron chi connectivity index (χ1n) is 6.58. The first kappa shape index (κ1) is 16.1. The van der Waals surface area contributed by atoms with E-state index in [0.717, 1.165) is 6.07 Å². The third kappa shape index (κ3) is 3.14. The molecule has 0 radical (unpaired) electrons. The smallest absolute Gasteiger partial charge is 0.299 e. The van der Waals surface area contributed by atoms with Crippen molar-refractivity contribution >= 4 is 33.3 Å². The molecule has 0 saturated carbocycles. The number of nitrogens with zero attached hydrogens (tertiary/aromatic N) is 1. The molecule has 0 spiro atoms. The fraction of sp³-hybridized carbons (Fsp3) is 0.429. The lowest BCUT2D eigenvalue weighted by molar-refractivity contribution is -0.134. The highest BCUT2D eigenvalue weighted by atomic mass is 79.9. The Labute approximate surface area is 130 Å². The van der Waals surface area contributed by atoms with Gasteiger partial charge in [-0.25, -0.2) is 4.39 Å². The largest absolute Gasteiger partial charge is 0.351 e. The zero-order valence-corrected chi connectivity index (χ0v) is 13.3. The van der Waals surface area contributed by atoms with Gasteiger partial charge >= 0.3 is 0 Å². The van der Waals surface area contributed by atoms with Crippen LogP contribution in [0.15, 0.2) is 16.6 Å².